The molecule has 0 amide bonds. The van der Waals surface area contributed by atoms with Crippen molar-refractivity contribution in [3.8, 4) is 0 Å². The summed E-state index contributed by atoms with van der Waals surface area (Å²) in [6, 6.07) is 7.46. The molecule has 3 N–H and O–H groups in total. The third-order valence-corrected chi connectivity index (χ3v) is 3.40. The molecule has 0 aliphatic carbocycles. The van der Waals surface area contributed by atoms with E-state index in [0.29, 0.717) is 11.8 Å². The average molecular weight is 268 g/mol. The van der Waals surface area contributed by atoms with Gasteiger partial charge in [0, 0.05) is 22.4 Å². The molecule has 5 heteroatoms. The molecule has 0 heterocycles. The van der Waals surface area contributed by atoms with Crippen LogP contribution in [0.2, 0.25) is 0 Å². The second-order valence-electron chi connectivity index (χ2n) is 4.25. The summed E-state index contributed by atoms with van der Waals surface area (Å²) in [5, 5.41) is 15.3. The normalized spacial score (nSPS) is 12.4. The molecule has 0 bridgehead atoms. The Morgan fingerprint density at radius 1 is 1.33 bits per heavy atom. The lowest BCUT2D eigenvalue weighted by molar-refractivity contribution is -0.138. The third kappa shape index (κ3) is 4.98. The zero-order valence-corrected chi connectivity index (χ0v) is 11.8. The van der Waals surface area contributed by atoms with Gasteiger partial charge in [-0.25, -0.2) is 0 Å². The summed E-state index contributed by atoms with van der Waals surface area (Å²) in [7, 11) is 1.64. The molecule has 4 nitrogen and oxygen atoms in total. The van der Waals surface area contributed by atoms with Gasteiger partial charge in [-0.3, -0.25) is 4.79 Å². The fraction of sp³-hybridized carbons (Fsp3) is 0.462. The minimum Gasteiger partial charge on any atom is -0.480 e. The van der Waals surface area contributed by atoms with Crippen molar-refractivity contribution in [2.75, 3.05) is 18.9 Å². The van der Waals surface area contributed by atoms with Crippen LogP contribution in [-0.4, -0.2) is 36.0 Å². The van der Waals surface area contributed by atoms with Crippen LogP contribution >= 0.6 is 11.8 Å². The Bertz CT molecular complexity index is 379. The molecular formula is C13H20N2O2S. The van der Waals surface area contributed by atoms with E-state index < -0.39 is 12.0 Å². The van der Waals surface area contributed by atoms with Crippen LogP contribution in [0.15, 0.2) is 29.2 Å². The van der Waals surface area contributed by atoms with E-state index in [2.05, 4.69) is 24.5 Å². The predicted octanol–water partition coefficient (Wildman–Crippen LogP) is 2.27. The molecule has 0 saturated heterocycles. The van der Waals surface area contributed by atoms with Crippen LogP contribution < -0.4 is 10.6 Å². The molecule has 100 valence electrons. The first-order chi connectivity index (χ1) is 8.52. The highest BCUT2D eigenvalue weighted by Crippen LogP contribution is 2.24. The second kappa shape index (κ2) is 7.28. The van der Waals surface area contributed by atoms with Crippen LogP contribution in [0.1, 0.15) is 13.8 Å². The van der Waals surface area contributed by atoms with Crippen LogP contribution in [0.5, 0.6) is 0 Å². The first-order valence-corrected chi connectivity index (χ1v) is 6.81. The number of nitrogens with one attached hydrogen (secondary N) is 2. The van der Waals surface area contributed by atoms with Gasteiger partial charge in [-0.15, -0.1) is 11.8 Å². The van der Waals surface area contributed by atoms with Crippen LogP contribution in [0.3, 0.4) is 0 Å². The molecule has 0 aromatic heterocycles. The van der Waals surface area contributed by atoms with E-state index in [1.807, 2.05) is 24.3 Å². The van der Waals surface area contributed by atoms with Gasteiger partial charge in [-0.05, 0) is 31.3 Å². The maximum absolute atomic E-state index is 10.8. The van der Waals surface area contributed by atoms with E-state index in [9.17, 15) is 4.79 Å². The van der Waals surface area contributed by atoms with Crippen molar-refractivity contribution < 1.29 is 9.90 Å². The zero-order chi connectivity index (χ0) is 13.5. The van der Waals surface area contributed by atoms with E-state index in [1.165, 1.54) is 4.90 Å². The lowest BCUT2D eigenvalue weighted by Crippen LogP contribution is -2.39. The summed E-state index contributed by atoms with van der Waals surface area (Å²) in [6.07, 6.45) is 0. The van der Waals surface area contributed by atoms with Gasteiger partial charge in [0.25, 0.3) is 0 Å². The highest BCUT2D eigenvalue weighted by Gasteiger charge is 2.13. The first kappa shape index (κ1) is 14.9. The van der Waals surface area contributed by atoms with E-state index in [0.717, 1.165) is 5.69 Å². The molecule has 1 atom stereocenters. The number of carboxylic acid groups (broad SMARTS) is 1. The summed E-state index contributed by atoms with van der Waals surface area (Å²) in [5.74, 6) is -0.850. The minimum absolute atomic E-state index is 0.364. The van der Waals surface area contributed by atoms with Gasteiger partial charge in [0.05, 0.1) is 0 Å². The zero-order valence-electron chi connectivity index (χ0n) is 10.9. The van der Waals surface area contributed by atoms with E-state index >= 15 is 0 Å². The fourth-order valence-electron chi connectivity index (χ4n) is 1.46. The number of thioether (sulfide) groups is 1. The number of rotatable bonds is 7. The van der Waals surface area contributed by atoms with Crippen LogP contribution in [0.25, 0.3) is 0 Å². The number of hydrogen-bond donors (Lipinski definition) is 3. The number of aliphatic carboxylic acids is 1. The highest BCUT2D eigenvalue weighted by atomic mass is 32.2. The Morgan fingerprint density at radius 2 is 1.94 bits per heavy atom. The van der Waals surface area contributed by atoms with Gasteiger partial charge in [-0.1, -0.05) is 13.8 Å². The predicted molar refractivity (Wildman–Crippen MR) is 76.4 cm³/mol. The molecule has 0 aliphatic rings. The van der Waals surface area contributed by atoms with Gasteiger partial charge < -0.3 is 15.7 Å². The summed E-state index contributed by atoms with van der Waals surface area (Å²) in [6.45, 7) is 4.67. The minimum atomic E-state index is -0.850. The quantitative estimate of drug-likeness (QED) is 0.662. The van der Waals surface area contributed by atoms with Crippen LogP contribution in [-0.2, 0) is 4.79 Å². The molecule has 0 radical (unpaired) electrons. The lowest BCUT2D eigenvalue weighted by Gasteiger charge is -2.13. The molecule has 18 heavy (non-hydrogen) atoms. The Hall–Kier alpha value is -1.20. The van der Waals surface area contributed by atoms with Gasteiger partial charge in [0.2, 0.25) is 0 Å². The number of carboxylic acids is 1. The van der Waals surface area contributed by atoms with Crippen molar-refractivity contribution >= 4 is 23.4 Å². The summed E-state index contributed by atoms with van der Waals surface area (Å²) in [5.41, 5.74) is 0.935. The van der Waals surface area contributed by atoms with Crippen molar-refractivity contribution in [2.45, 2.75) is 30.0 Å². The standard InChI is InChI=1S/C13H20N2O2S/c1-9(2)18-11-6-4-10(5-7-11)15-8-12(14-3)13(16)17/h4-7,9,12,14-15H,8H2,1-3H3,(H,16,17). The summed E-state index contributed by atoms with van der Waals surface area (Å²) >= 11 is 1.81. The van der Waals surface area contributed by atoms with Crippen molar-refractivity contribution in [1.82, 2.24) is 5.32 Å². The number of hydrogen-bond acceptors (Lipinski definition) is 4. The topological polar surface area (TPSA) is 61.4 Å². The van der Waals surface area contributed by atoms with Gasteiger partial charge >= 0.3 is 5.97 Å². The molecular weight excluding hydrogens is 248 g/mol. The van der Waals surface area contributed by atoms with Gasteiger partial charge in [0.1, 0.15) is 6.04 Å². The SMILES string of the molecule is CNC(CNc1ccc(SC(C)C)cc1)C(=O)O. The Morgan fingerprint density at radius 3 is 2.39 bits per heavy atom. The molecule has 1 unspecified atom stereocenters. The number of likely N-dealkylation sites (N-methyl/N-ethyl adjacent to an activating group) is 1. The summed E-state index contributed by atoms with van der Waals surface area (Å²) < 4.78 is 0. The van der Waals surface area contributed by atoms with Crippen molar-refractivity contribution in [2.24, 2.45) is 0 Å². The maximum Gasteiger partial charge on any atom is 0.322 e. The Labute approximate surface area is 112 Å². The van der Waals surface area contributed by atoms with Crippen LogP contribution in [0, 0.1) is 0 Å². The van der Waals surface area contributed by atoms with Crippen molar-refractivity contribution in [3.05, 3.63) is 24.3 Å². The highest BCUT2D eigenvalue weighted by molar-refractivity contribution is 7.99. The largest absolute Gasteiger partial charge is 0.480 e. The molecule has 1 aromatic carbocycles. The van der Waals surface area contributed by atoms with Gasteiger partial charge in [0.15, 0.2) is 0 Å². The molecule has 0 aliphatic heterocycles. The molecule has 1 rings (SSSR count). The monoisotopic (exact) mass is 268 g/mol. The smallest absolute Gasteiger partial charge is 0.322 e. The van der Waals surface area contributed by atoms with Crippen molar-refractivity contribution in [1.29, 1.82) is 0 Å². The average Bonchev–Trinajstić information content (AvgIpc) is 2.31. The molecule has 0 fully saturated rings. The fourth-order valence-corrected chi connectivity index (χ4v) is 2.29. The number of benzene rings is 1. The lowest BCUT2D eigenvalue weighted by atomic mass is 10.2. The Balaban J connectivity index is 2.50. The summed E-state index contributed by atoms with van der Waals surface area (Å²) in [4.78, 5) is 12.0. The molecule has 1 aromatic rings. The van der Waals surface area contributed by atoms with E-state index in [1.54, 1.807) is 18.8 Å². The van der Waals surface area contributed by atoms with E-state index in [4.69, 9.17) is 5.11 Å². The van der Waals surface area contributed by atoms with E-state index in [-0.39, 0.29) is 0 Å². The first-order valence-electron chi connectivity index (χ1n) is 5.93. The van der Waals surface area contributed by atoms with Crippen LogP contribution in [0.4, 0.5) is 5.69 Å². The Kier molecular flexibility index (Phi) is 6.01. The second-order valence-corrected chi connectivity index (χ2v) is 5.90. The maximum atomic E-state index is 10.8. The van der Waals surface area contributed by atoms with Gasteiger partial charge in [-0.2, -0.15) is 0 Å². The number of anilines is 1. The number of carbonyl (C=O) groups is 1. The third-order valence-electron chi connectivity index (χ3n) is 2.38. The molecule has 0 saturated carbocycles. The molecule has 0 spiro atoms. The van der Waals surface area contributed by atoms with Crippen molar-refractivity contribution in [3.63, 3.8) is 0 Å².